The van der Waals surface area contributed by atoms with Crippen LogP contribution in [-0.4, -0.2) is 41.7 Å². The smallest absolute Gasteiger partial charge is 0.230 e. The highest BCUT2D eigenvalue weighted by molar-refractivity contribution is 5.83. The van der Waals surface area contributed by atoms with Crippen LogP contribution in [0.4, 0.5) is 0 Å². The number of nitrogens with zero attached hydrogens (tertiary/aromatic N) is 1. The predicted molar refractivity (Wildman–Crippen MR) is 63.9 cm³/mol. The quantitative estimate of drug-likeness (QED) is 0.675. The van der Waals surface area contributed by atoms with Gasteiger partial charge in [-0.1, -0.05) is 13.8 Å². The Morgan fingerprint density at radius 2 is 2.00 bits per heavy atom. The maximum absolute atomic E-state index is 12.5. The van der Waals surface area contributed by atoms with Gasteiger partial charge in [0.15, 0.2) is 0 Å². The fourth-order valence-corrected chi connectivity index (χ4v) is 2.18. The lowest BCUT2D eigenvalue weighted by Crippen LogP contribution is -2.49. The molecule has 1 aliphatic carbocycles. The molecule has 1 fully saturated rings. The van der Waals surface area contributed by atoms with Crippen LogP contribution in [-0.2, 0) is 4.79 Å². The molecule has 0 aromatic carbocycles. The van der Waals surface area contributed by atoms with Crippen LogP contribution in [0.2, 0.25) is 0 Å². The number of hydrogen-bond donors (Lipinski definition) is 2. The molecular formula is C12H24N2O2. The molecule has 0 atom stereocenters. The van der Waals surface area contributed by atoms with E-state index in [1.807, 2.05) is 18.7 Å². The van der Waals surface area contributed by atoms with Crippen molar-refractivity contribution >= 4 is 5.91 Å². The third kappa shape index (κ3) is 2.55. The molecule has 1 aliphatic rings. The summed E-state index contributed by atoms with van der Waals surface area (Å²) in [5.41, 5.74) is 5.36. The standard InChI is InChI=1S/C12H24N2O2/c1-3-12(4-2,9-13)11(16)14(7-8-15)10-5-6-10/h10,15H,3-9,13H2,1-2H3. The van der Waals surface area contributed by atoms with E-state index in [0.717, 1.165) is 25.7 Å². The molecule has 0 aromatic heterocycles. The average molecular weight is 228 g/mol. The Balaban J connectivity index is 2.77. The van der Waals surface area contributed by atoms with Crippen molar-refractivity contribution in [3.63, 3.8) is 0 Å². The SMILES string of the molecule is CCC(CC)(CN)C(=O)N(CCO)C1CC1. The summed E-state index contributed by atoms with van der Waals surface area (Å²) in [5.74, 6) is 0.136. The number of aliphatic hydroxyl groups excluding tert-OH is 1. The minimum Gasteiger partial charge on any atom is -0.395 e. The number of amides is 1. The van der Waals surface area contributed by atoms with Crippen LogP contribution in [0.25, 0.3) is 0 Å². The highest BCUT2D eigenvalue weighted by Crippen LogP contribution is 2.34. The molecule has 0 aliphatic heterocycles. The molecule has 0 heterocycles. The predicted octanol–water partition coefficient (Wildman–Crippen LogP) is 0.735. The Hall–Kier alpha value is -0.610. The minimum absolute atomic E-state index is 0.0380. The van der Waals surface area contributed by atoms with Gasteiger partial charge >= 0.3 is 0 Å². The van der Waals surface area contributed by atoms with Gasteiger partial charge in [0.25, 0.3) is 0 Å². The van der Waals surface area contributed by atoms with E-state index in [1.54, 1.807) is 0 Å². The molecule has 0 unspecified atom stereocenters. The van der Waals surface area contributed by atoms with Gasteiger partial charge in [0.2, 0.25) is 5.91 Å². The Morgan fingerprint density at radius 1 is 1.44 bits per heavy atom. The van der Waals surface area contributed by atoms with Crippen molar-refractivity contribution in [2.45, 2.75) is 45.6 Å². The summed E-state index contributed by atoms with van der Waals surface area (Å²) in [6, 6.07) is 0.351. The van der Waals surface area contributed by atoms with Gasteiger partial charge in [-0.3, -0.25) is 4.79 Å². The fraction of sp³-hybridized carbons (Fsp3) is 0.917. The van der Waals surface area contributed by atoms with Crippen LogP contribution in [0.1, 0.15) is 39.5 Å². The van der Waals surface area contributed by atoms with Crippen molar-refractivity contribution in [1.82, 2.24) is 4.90 Å². The molecule has 0 aromatic rings. The van der Waals surface area contributed by atoms with Crippen LogP contribution in [0.3, 0.4) is 0 Å². The first-order valence-corrected chi connectivity index (χ1v) is 6.27. The van der Waals surface area contributed by atoms with Crippen LogP contribution in [0, 0.1) is 5.41 Å². The maximum Gasteiger partial charge on any atom is 0.230 e. The Morgan fingerprint density at radius 3 is 2.31 bits per heavy atom. The highest BCUT2D eigenvalue weighted by Gasteiger charge is 2.41. The summed E-state index contributed by atoms with van der Waals surface area (Å²) >= 11 is 0. The van der Waals surface area contributed by atoms with Crippen LogP contribution >= 0.6 is 0 Å². The molecular weight excluding hydrogens is 204 g/mol. The van der Waals surface area contributed by atoms with E-state index in [1.165, 1.54) is 0 Å². The second-order valence-electron chi connectivity index (χ2n) is 4.64. The number of rotatable bonds is 7. The van der Waals surface area contributed by atoms with Gasteiger partial charge in [-0.25, -0.2) is 0 Å². The van der Waals surface area contributed by atoms with Crippen molar-refractivity contribution in [3.05, 3.63) is 0 Å². The van der Waals surface area contributed by atoms with E-state index in [9.17, 15) is 4.79 Å². The van der Waals surface area contributed by atoms with Crippen molar-refractivity contribution in [2.75, 3.05) is 19.7 Å². The van der Waals surface area contributed by atoms with E-state index in [2.05, 4.69) is 0 Å². The minimum atomic E-state index is -0.419. The highest BCUT2D eigenvalue weighted by atomic mass is 16.3. The zero-order valence-electron chi connectivity index (χ0n) is 10.4. The number of aliphatic hydroxyl groups is 1. The molecule has 0 bridgehead atoms. The van der Waals surface area contributed by atoms with Gasteiger partial charge in [-0.15, -0.1) is 0 Å². The first-order valence-electron chi connectivity index (χ1n) is 6.27. The zero-order chi connectivity index (χ0) is 12.2. The number of carbonyl (C=O) groups excluding carboxylic acids is 1. The van der Waals surface area contributed by atoms with Crippen LogP contribution in [0.15, 0.2) is 0 Å². The van der Waals surface area contributed by atoms with Crippen molar-refractivity contribution in [1.29, 1.82) is 0 Å². The number of hydrogen-bond acceptors (Lipinski definition) is 3. The topological polar surface area (TPSA) is 66.6 Å². The van der Waals surface area contributed by atoms with Gasteiger partial charge in [0.1, 0.15) is 0 Å². The fourth-order valence-electron chi connectivity index (χ4n) is 2.18. The first kappa shape index (κ1) is 13.5. The van der Waals surface area contributed by atoms with Gasteiger partial charge in [-0.2, -0.15) is 0 Å². The van der Waals surface area contributed by atoms with Gasteiger partial charge in [0, 0.05) is 19.1 Å². The molecule has 0 spiro atoms. The number of nitrogens with two attached hydrogens (primary N) is 1. The van der Waals surface area contributed by atoms with Gasteiger partial charge in [0.05, 0.1) is 12.0 Å². The molecule has 4 heteroatoms. The van der Waals surface area contributed by atoms with E-state index < -0.39 is 5.41 Å². The first-order chi connectivity index (χ1) is 7.65. The monoisotopic (exact) mass is 228 g/mol. The lowest BCUT2D eigenvalue weighted by molar-refractivity contribution is -0.143. The summed E-state index contributed by atoms with van der Waals surface area (Å²) in [5, 5.41) is 9.02. The molecule has 1 saturated carbocycles. The molecule has 0 saturated heterocycles. The summed E-state index contributed by atoms with van der Waals surface area (Å²) in [6.07, 6.45) is 3.68. The van der Waals surface area contributed by atoms with Crippen LogP contribution < -0.4 is 5.73 Å². The second-order valence-corrected chi connectivity index (χ2v) is 4.64. The van der Waals surface area contributed by atoms with Gasteiger partial charge in [-0.05, 0) is 25.7 Å². The van der Waals surface area contributed by atoms with E-state index >= 15 is 0 Å². The summed E-state index contributed by atoms with van der Waals surface area (Å²) in [6.45, 7) is 4.91. The normalized spacial score (nSPS) is 16.2. The summed E-state index contributed by atoms with van der Waals surface area (Å²) in [4.78, 5) is 14.3. The molecule has 1 amide bonds. The zero-order valence-corrected chi connectivity index (χ0v) is 10.4. The lowest BCUT2D eigenvalue weighted by Gasteiger charge is -2.35. The third-order valence-electron chi connectivity index (χ3n) is 3.79. The van der Waals surface area contributed by atoms with Crippen molar-refractivity contribution in [3.8, 4) is 0 Å². The molecule has 1 rings (SSSR count). The molecule has 3 N–H and O–H groups in total. The molecule has 0 radical (unpaired) electrons. The summed E-state index contributed by atoms with van der Waals surface area (Å²) in [7, 11) is 0. The maximum atomic E-state index is 12.5. The average Bonchev–Trinajstić information content (AvgIpc) is 3.13. The number of carbonyl (C=O) groups is 1. The Labute approximate surface area is 97.8 Å². The lowest BCUT2D eigenvalue weighted by atomic mass is 9.81. The summed E-state index contributed by atoms with van der Waals surface area (Å²) < 4.78 is 0. The third-order valence-corrected chi connectivity index (χ3v) is 3.79. The van der Waals surface area contributed by atoms with E-state index in [4.69, 9.17) is 10.8 Å². The molecule has 4 nitrogen and oxygen atoms in total. The molecule has 94 valence electrons. The van der Waals surface area contributed by atoms with Crippen LogP contribution in [0.5, 0.6) is 0 Å². The van der Waals surface area contributed by atoms with E-state index in [-0.39, 0.29) is 12.5 Å². The van der Waals surface area contributed by atoms with Crippen molar-refractivity contribution < 1.29 is 9.90 Å². The Bertz CT molecular complexity index is 227. The van der Waals surface area contributed by atoms with Gasteiger partial charge < -0.3 is 15.7 Å². The Kier molecular flexibility index (Phi) is 4.74. The largest absolute Gasteiger partial charge is 0.395 e. The van der Waals surface area contributed by atoms with Crippen molar-refractivity contribution in [2.24, 2.45) is 11.1 Å². The second kappa shape index (κ2) is 5.64. The van der Waals surface area contributed by atoms with E-state index in [0.29, 0.717) is 19.1 Å². The molecule has 16 heavy (non-hydrogen) atoms.